The fraction of sp³-hybridized carbons (Fsp3) is 0.727. The van der Waals surface area contributed by atoms with Gasteiger partial charge in [-0.3, -0.25) is 9.69 Å². The van der Waals surface area contributed by atoms with Gasteiger partial charge in [-0.1, -0.05) is 0 Å². The van der Waals surface area contributed by atoms with Gasteiger partial charge in [-0.2, -0.15) is 5.26 Å². The third kappa shape index (κ3) is 2.87. The van der Waals surface area contributed by atoms with Crippen LogP contribution < -0.4 is 0 Å². The fourth-order valence-electron chi connectivity index (χ4n) is 1.53. The first-order chi connectivity index (χ1) is 7.80. The second-order valence-corrected chi connectivity index (χ2v) is 4.84. The number of carbonyl (C=O) groups excluding carboxylic acids is 2. The van der Waals surface area contributed by atoms with Gasteiger partial charge < -0.3 is 9.47 Å². The van der Waals surface area contributed by atoms with Gasteiger partial charge >= 0.3 is 12.1 Å². The summed E-state index contributed by atoms with van der Waals surface area (Å²) in [5.41, 5.74) is -0.618. The molecule has 0 aromatic carbocycles. The van der Waals surface area contributed by atoms with E-state index in [9.17, 15) is 9.59 Å². The number of carbonyl (C=O) groups is 2. The van der Waals surface area contributed by atoms with Crippen LogP contribution in [-0.4, -0.2) is 42.3 Å². The van der Waals surface area contributed by atoms with Crippen molar-refractivity contribution in [3.05, 3.63) is 0 Å². The van der Waals surface area contributed by atoms with Gasteiger partial charge in [0.25, 0.3) is 0 Å². The van der Waals surface area contributed by atoms with Crippen LogP contribution >= 0.6 is 0 Å². The molecule has 0 aromatic rings. The number of nitriles is 1. The molecule has 1 heterocycles. The van der Waals surface area contributed by atoms with Crippen molar-refractivity contribution in [2.75, 3.05) is 13.7 Å². The van der Waals surface area contributed by atoms with Gasteiger partial charge in [0.05, 0.1) is 13.2 Å². The lowest BCUT2D eigenvalue weighted by atomic mass is 9.90. The highest BCUT2D eigenvalue weighted by molar-refractivity contribution is 5.80. The number of likely N-dealkylation sites (tertiary alicyclic amines) is 1. The van der Waals surface area contributed by atoms with E-state index in [4.69, 9.17) is 10.00 Å². The molecule has 1 saturated heterocycles. The highest BCUT2D eigenvalue weighted by Crippen LogP contribution is 2.27. The standard InChI is InChI=1S/C11H16N2O4/c1-11(2,3)17-10(15)13-6-7(8(13)5-12)9(14)16-4/h7-8H,6H2,1-4H3. The van der Waals surface area contributed by atoms with Crippen LogP contribution in [0, 0.1) is 17.2 Å². The predicted molar refractivity (Wildman–Crippen MR) is 57.8 cm³/mol. The number of esters is 1. The van der Waals surface area contributed by atoms with Crippen molar-refractivity contribution in [3.8, 4) is 6.07 Å². The summed E-state index contributed by atoms with van der Waals surface area (Å²) in [6.07, 6.45) is -0.579. The van der Waals surface area contributed by atoms with Crippen molar-refractivity contribution < 1.29 is 19.1 Å². The van der Waals surface area contributed by atoms with Crippen LogP contribution in [0.1, 0.15) is 20.8 Å². The van der Waals surface area contributed by atoms with Crippen molar-refractivity contribution in [2.24, 2.45) is 5.92 Å². The topological polar surface area (TPSA) is 79.6 Å². The summed E-state index contributed by atoms with van der Waals surface area (Å²) < 4.78 is 9.67. The Bertz CT molecular complexity index is 367. The first-order valence-electron chi connectivity index (χ1n) is 5.27. The molecule has 0 aromatic heterocycles. The van der Waals surface area contributed by atoms with Crippen LogP contribution in [0.2, 0.25) is 0 Å². The Labute approximate surface area is 100 Å². The molecule has 17 heavy (non-hydrogen) atoms. The zero-order chi connectivity index (χ0) is 13.2. The Balaban J connectivity index is 2.63. The van der Waals surface area contributed by atoms with Crippen LogP contribution in [0.5, 0.6) is 0 Å². The minimum atomic E-state index is -0.794. The van der Waals surface area contributed by atoms with E-state index in [-0.39, 0.29) is 6.54 Å². The third-order valence-corrected chi connectivity index (χ3v) is 2.37. The SMILES string of the molecule is COC(=O)C1CN(C(=O)OC(C)(C)C)C1C#N. The predicted octanol–water partition coefficient (Wildman–Crippen LogP) is 0.918. The monoisotopic (exact) mass is 240 g/mol. The van der Waals surface area contributed by atoms with Crippen LogP contribution in [0.4, 0.5) is 4.79 Å². The van der Waals surface area contributed by atoms with Gasteiger partial charge in [0.1, 0.15) is 17.6 Å². The molecule has 6 heteroatoms. The van der Waals surface area contributed by atoms with Gasteiger partial charge in [0, 0.05) is 6.54 Å². The first kappa shape index (κ1) is 13.3. The molecule has 6 nitrogen and oxygen atoms in total. The summed E-state index contributed by atoms with van der Waals surface area (Å²) in [5.74, 6) is -1.05. The normalized spacial score (nSPS) is 23.4. The highest BCUT2D eigenvalue weighted by atomic mass is 16.6. The fourth-order valence-corrected chi connectivity index (χ4v) is 1.53. The van der Waals surface area contributed by atoms with E-state index in [1.807, 2.05) is 6.07 Å². The van der Waals surface area contributed by atoms with Crippen molar-refractivity contribution in [2.45, 2.75) is 32.4 Å². The lowest BCUT2D eigenvalue weighted by Crippen LogP contribution is -2.61. The highest BCUT2D eigenvalue weighted by Gasteiger charge is 2.48. The number of hydrogen-bond acceptors (Lipinski definition) is 5. The molecular formula is C11H16N2O4. The van der Waals surface area contributed by atoms with Crippen molar-refractivity contribution >= 4 is 12.1 Å². The number of ether oxygens (including phenoxy) is 2. The molecule has 0 aliphatic carbocycles. The van der Waals surface area contributed by atoms with E-state index in [1.54, 1.807) is 20.8 Å². The molecule has 0 bridgehead atoms. The minimum absolute atomic E-state index is 0.166. The van der Waals surface area contributed by atoms with Gasteiger partial charge in [0.2, 0.25) is 0 Å². The summed E-state index contributed by atoms with van der Waals surface area (Å²) in [6, 6.07) is 1.11. The number of hydrogen-bond donors (Lipinski definition) is 0. The quantitative estimate of drug-likeness (QED) is 0.637. The van der Waals surface area contributed by atoms with E-state index in [0.29, 0.717) is 0 Å². The maximum absolute atomic E-state index is 11.7. The Morgan fingerprint density at radius 2 is 2.00 bits per heavy atom. The number of amides is 1. The van der Waals surface area contributed by atoms with E-state index in [2.05, 4.69) is 4.74 Å². The van der Waals surface area contributed by atoms with Gasteiger partial charge in [-0.25, -0.2) is 4.79 Å². The molecule has 1 fully saturated rings. The van der Waals surface area contributed by atoms with Crippen LogP contribution in [0.15, 0.2) is 0 Å². The maximum Gasteiger partial charge on any atom is 0.411 e. The molecule has 2 atom stereocenters. The van der Waals surface area contributed by atoms with Crippen molar-refractivity contribution in [1.82, 2.24) is 4.90 Å². The molecule has 0 N–H and O–H groups in total. The molecular weight excluding hydrogens is 224 g/mol. The molecule has 2 unspecified atom stereocenters. The van der Waals surface area contributed by atoms with Crippen LogP contribution in [-0.2, 0) is 14.3 Å². The van der Waals surface area contributed by atoms with Crippen molar-refractivity contribution in [1.29, 1.82) is 5.26 Å². The zero-order valence-electron chi connectivity index (χ0n) is 10.4. The second kappa shape index (κ2) is 4.62. The zero-order valence-corrected chi connectivity index (χ0v) is 10.4. The van der Waals surface area contributed by atoms with E-state index >= 15 is 0 Å². The van der Waals surface area contributed by atoms with Crippen LogP contribution in [0.3, 0.4) is 0 Å². The van der Waals surface area contributed by atoms with E-state index < -0.39 is 29.6 Å². The van der Waals surface area contributed by atoms with Crippen molar-refractivity contribution in [3.63, 3.8) is 0 Å². The maximum atomic E-state index is 11.7. The summed E-state index contributed by atoms with van der Waals surface area (Å²) >= 11 is 0. The summed E-state index contributed by atoms with van der Waals surface area (Å²) in [5, 5.41) is 8.91. The second-order valence-electron chi connectivity index (χ2n) is 4.84. The van der Waals surface area contributed by atoms with Gasteiger partial charge in [-0.05, 0) is 20.8 Å². The average molecular weight is 240 g/mol. The van der Waals surface area contributed by atoms with Gasteiger partial charge in [0.15, 0.2) is 0 Å². The molecule has 1 aliphatic rings. The summed E-state index contributed by atoms with van der Waals surface area (Å²) in [7, 11) is 1.26. The number of nitrogens with zero attached hydrogens (tertiary/aromatic N) is 2. The Morgan fingerprint density at radius 1 is 1.41 bits per heavy atom. The third-order valence-electron chi connectivity index (χ3n) is 2.37. The lowest BCUT2D eigenvalue weighted by Gasteiger charge is -2.42. The Hall–Kier alpha value is -1.77. The van der Waals surface area contributed by atoms with E-state index in [0.717, 1.165) is 0 Å². The lowest BCUT2D eigenvalue weighted by molar-refractivity contribution is -0.153. The molecule has 0 spiro atoms. The number of rotatable bonds is 1. The molecule has 1 aliphatic heterocycles. The average Bonchev–Trinajstić information content (AvgIpc) is 2.13. The Morgan fingerprint density at radius 3 is 2.41 bits per heavy atom. The smallest absolute Gasteiger partial charge is 0.411 e. The summed E-state index contributed by atoms with van der Waals surface area (Å²) in [6.45, 7) is 5.39. The van der Waals surface area contributed by atoms with E-state index in [1.165, 1.54) is 12.0 Å². The Kier molecular flexibility index (Phi) is 3.61. The molecule has 1 amide bonds. The number of methoxy groups -OCH3 is 1. The molecule has 94 valence electrons. The molecule has 1 rings (SSSR count). The van der Waals surface area contributed by atoms with Gasteiger partial charge in [-0.15, -0.1) is 0 Å². The first-order valence-corrected chi connectivity index (χ1v) is 5.27. The molecule has 0 radical (unpaired) electrons. The summed E-state index contributed by atoms with van der Waals surface area (Å²) in [4.78, 5) is 24.2. The van der Waals surface area contributed by atoms with Crippen LogP contribution in [0.25, 0.3) is 0 Å². The molecule has 0 saturated carbocycles. The largest absolute Gasteiger partial charge is 0.469 e. The minimum Gasteiger partial charge on any atom is -0.469 e.